The zero-order chi connectivity index (χ0) is 14.5. The molecule has 0 saturated carbocycles. The van der Waals surface area contributed by atoms with Gasteiger partial charge in [-0.1, -0.05) is 11.6 Å². The number of hydrogen-bond acceptors (Lipinski definition) is 5. The Morgan fingerprint density at radius 2 is 2.50 bits per heavy atom. The monoisotopic (exact) mass is 294 g/mol. The highest BCUT2D eigenvalue weighted by atomic mass is 35.5. The van der Waals surface area contributed by atoms with Crippen molar-refractivity contribution in [2.75, 3.05) is 27.2 Å². The highest BCUT2D eigenvalue weighted by Gasteiger charge is 2.22. The van der Waals surface area contributed by atoms with Gasteiger partial charge < -0.3 is 15.4 Å². The molecule has 20 heavy (non-hydrogen) atoms. The SMILES string of the molecule is COc1cc(Cl)ncc1/C(C=NC[C@H]1CCN1C)=C/N. The lowest BCUT2D eigenvalue weighted by Gasteiger charge is -2.36. The van der Waals surface area contributed by atoms with Crippen molar-refractivity contribution in [3.8, 4) is 5.75 Å². The van der Waals surface area contributed by atoms with E-state index in [9.17, 15) is 0 Å². The second kappa shape index (κ2) is 6.72. The second-order valence-corrected chi connectivity index (χ2v) is 5.13. The standard InChI is InChI=1S/C14H19ClN4O/c1-19-4-3-11(19)8-17-7-10(6-16)12-9-18-14(15)5-13(12)20-2/h5-7,9,11H,3-4,8,16H2,1-2H3/b10-6+,17-7?/t11-/m1/s1. The fraction of sp³-hybridized carbons (Fsp3) is 0.429. The Morgan fingerprint density at radius 1 is 1.70 bits per heavy atom. The number of hydrogen-bond donors (Lipinski definition) is 1. The zero-order valence-electron chi connectivity index (χ0n) is 11.7. The van der Waals surface area contributed by atoms with Crippen molar-refractivity contribution in [2.45, 2.75) is 12.5 Å². The number of nitrogens with zero attached hydrogens (tertiary/aromatic N) is 3. The first-order valence-corrected chi connectivity index (χ1v) is 6.85. The third-order valence-electron chi connectivity index (χ3n) is 3.53. The van der Waals surface area contributed by atoms with Crippen molar-refractivity contribution < 1.29 is 4.74 Å². The number of ether oxygens (including phenoxy) is 1. The molecule has 2 N–H and O–H groups in total. The van der Waals surface area contributed by atoms with Crippen LogP contribution in [0.1, 0.15) is 12.0 Å². The third kappa shape index (κ3) is 3.29. The molecule has 0 spiro atoms. The van der Waals surface area contributed by atoms with E-state index in [0.29, 0.717) is 16.9 Å². The average molecular weight is 295 g/mol. The number of allylic oxidation sites excluding steroid dienone is 1. The number of likely N-dealkylation sites (N-methyl/N-ethyl adjacent to an activating group) is 1. The smallest absolute Gasteiger partial charge is 0.132 e. The normalized spacial score (nSPS) is 20.1. The summed E-state index contributed by atoms with van der Waals surface area (Å²) in [6.07, 6.45) is 6.10. The van der Waals surface area contributed by atoms with Crippen LogP contribution >= 0.6 is 11.6 Å². The van der Waals surface area contributed by atoms with Crippen LogP contribution in [0.3, 0.4) is 0 Å². The van der Waals surface area contributed by atoms with E-state index in [-0.39, 0.29) is 0 Å². The molecule has 1 fully saturated rings. The molecular formula is C14H19ClN4O. The quantitative estimate of drug-likeness (QED) is 0.664. The van der Waals surface area contributed by atoms with Gasteiger partial charge in [0.2, 0.25) is 0 Å². The van der Waals surface area contributed by atoms with Gasteiger partial charge in [-0.05, 0) is 20.0 Å². The Morgan fingerprint density at radius 3 is 3.05 bits per heavy atom. The van der Waals surface area contributed by atoms with Crippen LogP contribution in [0.25, 0.3) is 5.57 Å². The highest BCUT2D eigenvalue weighted by molar-refractivity contribution is 6.29. The fourth-order valence-electron chi connectivity index (χ4n) is 2.07. The van der Waals surface area contributed by atoms with Crippen molar-refractivity contribution in [3.05, 3.63) is 29.2 Å². The van der Waals surface area contributed by atoms with Crippen LogP contribution in [0.2, 0.25) is 5.15 Å². The van der Waals surface area contributed by atoms with Gasteiger partial charge in [-0.25, -0.2) is 4.98 Å². The maximum atomic E-state index is 5.85. The molecule has 1 aromatic heterocycles. The maximum absolute atomic E-state index is 5.85. The molecule has 108 valence electrons. The number of nitrogens with two attached hydrogens (primary N) is 1. The molecule has 0 bridgehead atoms. The summed E-state index contributed by atoms with van der Waals surface area (Å²) in [5, 5.41) is 0.384. The summed E-state index contributed by atoms with van der Waals surface area (Å²) in [5.41, 5.74) is 7.23. The van der Waals surface area contributed by atoms with Gasteiger partial charge >= 0.3 is 0 Å². The lowest BCUT2D eigenvalue weighted by Crippen LogP contribution is -2.46. The van der Waals surface area contributed by atoms with Crippen LogP contribution in [0, 0.1) is 0 Å². The van der Waals surface area contributed by atoms with E-state index in [1.54, 1.807) is 25.6 Å². The van der Waals surface area contributed by atoms with Crippen molar-refractivity contribution >= 4 is 23.4 Å². The Balaban J connectivity index is 2.10. The molecule has 0 aromatic carbocycles. The second-order valence-electron chi connectivity index (χ2n) is 4.75. The van der Waals surface area contributed by atoms with Gasteiger partial charge in [-0.3, -0.25) is 4.99 Å². The van der Waals surface area contributed by atoms with Crippen LogP contribution in [-0.2, 0) is 0 Å². The average Bonchev–Trinajstić information content (AvgIpc) is 2.46. The Bertz CT molecular complexity index is 530. The first kappa shape index (κ1) is 14.8. The molecule has 2 rings (SSSR count). The van der Waals surface area contributed by atoms with Gasteiger partial charge in [-0.15, -0.1) is 0 Å². The number of pyridine rings is 1. The largest absolute Gasteiger partial charge is 0.496 e. The summed E-state index contributed by atoms with van der Waals surface area (Å²) in [4.78, 5) is 10.8. The van der Waals surface area contributed by atoms with Crippen molar-refractivity contribution in [2.24, 2.45) is 10.7 Å². The molecule has 0 amide bonds. The number of halogens is 1. The molecule has 0 aliphatic carbocycles. The van der Waals surface area contributed by atoms with E-state index >= 15 is 0 Å². The highest BCUT2D eigenvalue weighted by Crippen LogP contribution is 2.26. The summed E-state index contributed by atoms with van der Waals surface area (Å²) in [5.74, 6) is 0.633. The predicted octanol–water partition coefficient (Wildman–Crippen LogP) is 1.82. The van der Waals surface area contributed by atoms with E-state index in [4.69, 9.17) is 22.1 Å². The van der Waals surface area contributed by atoms with Gasteiger partial charge in [0.25, 0.3) is 0 Å². The molecule has 1 aliphatic heterocycles. The number of aliphatic imine (C=N–C) groups is 1. The summed E-state index contributed by atoms with van der Waals surface area (Å²) in [6, 6.07) is 2.20. The van der Waals surface area contributed by atoms with E-state index in [1.807, 2.05) is 0 Å². The molecule has 1 aromatic rings. The van der Waals surface area contributed by atoms with Gasteiger partial charge in [0.15, 0.2) is 0 Å². The van der Waals surface area contributed by atoms with Crippen molar-refractivity contribution in [1.82, 2.24) is 9.88 Å². The maximum Gasteiger partial charge on any atom is 0.132 e. The molecule has 1 aliphatic rings. The predicted molar refractivity (Wildman–Crippen MR) is 82.4 cm³/mol. The number of rotatable bonds is 5. The van der Waals surface area contributed by atoms with Crippen LogP contribution in [0.5, 0.6) is 5.75 Å². The first-order valence-electron chi connectivity index (χ1n) is 6.47. The lowest BCUT2D eigenvalue weighted by atomic mass is 10.1. The third-order valence-corrected chi connectivity index (χ3v) is 3.73. The molecule has 1 atom stereocenters. The van der Waals surface area contributed by atoms with Crippen molar-refractivity contribution in [1.29, 1.82) is 0 Å². The summed E-state index contributed by atoms with van der Waals surface area (Å²) in [7, 11) is 3.69. The topological polar surface area (TPSA) is 63.7 Å². The molecule has 1 saturated heterocycles. The van der Waals surface area contributed by atoms with Crippen LogP contribution in [0.15, 0.2) is 23.5 Å². The molecule has 0 radical (unpaired) electrons. The Labute approximate surface area is 124 Å². The van der Waals surface area contributed by atoms with Crippen LogP contribution in [-0.4, -0.2) is 49.4 Å². The van der Waals surface area contributed by atoms with Crippen LogP contribution in [0.4, 0.5) is 0 Å². The molecule has 2 heterocycles. The molecule has 0 unspecified atom stereocenters. The summed E-state index contributed by atoms with van der Waals surface area (Å²) < 4.78 is 5.30. The van der Waals surface area contributed by atoms with Crippen molar-refractivity contribution in [3.63, 3.8) is 0 Å². The fourth-order valence-corrected chi connectivity index (χ4v) is 2.22. The van der Waals surface area contributed by atoms with Gasteiger partial charge in [0.1, 0.15) is 10.9 Å². The number of methoxy groups -OCH3 is 1. The zero-order valence-corrected chi connectivity index (χ0v) is 12.5. The van der Waals surface area contributed by atoms with Gasteiger partial charge in [-0.2, -0.15) is 0 Å². The minimum atomic E-state index is 0.384. The Kier molecular flexibility index (Phi) is 4.98. The number of aromatic nitrogens is 1. The molecular weight excluding hydrogens is 276 g/mol. The summed E-state index contributed by atoms with van der Waals surface area (Å²) in [6.45, 7) is 1.92. The van der Waals surface area contributed by atoms with E-state index in [0.717, 1.165) is 24.2 Å². The minimum absolute atomic E-state index is 0.384. The van der Waals surface area contributed by atoms with Crippen LogP contribution < -0.4 is 10.5 Å². The minimum Gasteiger partial charge on any atom is -0.496 e. The van der Waals surface area contributed by atoms with E-state index in [2.05, 4.69) is 21.9 Å². The van der Waals surface area contributed by atoms with E-state index < -0.39 is 0 Å². The molecule has 5 nitrogen and oxygen atoms in total. The molecule has 6 heteroatoms. The lowest BCUT2D eigenvalue weighted by molar-refractivity contribution is 0.134. The first-order chi connectivity index (χ1) is 9.65. The number of likely N-dealkylation sites (tertiary alicyclic amines) is 1. The van der Waals surface area contributed by atoms with Gasteiger partial charge in [0.05, 0.1) is 13.7 Å². The van der Waals surface area contributed by atoms with Gasteiger partial charge in [0, 0.05) is 41.9 Å². The Hall–Kier alpha value is -1.59. The summed E-state index contributed by atoms with van der Waals surface area (Å²) >= 11 is 5.85. The van der Waals surface area contributed by atoms with E-state index in [1.165, 1.54) is 12.6 Å².